The van der Waals surface area contributed by atoms with Crippen molar-refractivity contribution in [3.05, 3.63) is 48.3 Å². The van der Waals surface area contributed by atoms with E-state index in [0.717, 1.165) is 12.3 Å². The molecule has 0 atom stereocenters. The summed E-state index contributed by atoms with van der Waals surface area (Å²) in [4.78, 5) is 7.75. The van der Waals surface area contributed by atoms with Gasteiger partial charge in [0, 0.05) is 17.1 Å². The number of anilines is 1. The number of benzene rings is 1. The van der Waals surface area contributed by atoms with E-state index >= 15 is 0 Å². The summed E-state index contributed by atoms with van der Waals surface area (Å²) in [6.07, 6.45) is 2.43. The molecule has 0 spiro atoms. The molecule has 3 aromatic rings. The second kappa shape index (κ2) is 7.14. The van der Waals surface area contributed by atoms with Crippen LogP contribution < -0.4 is 15.5 Å². The van der Waals surface area contributed by atoms with Gasteiger partial charge in [0.05, 0.1) is 0 Å². The van der Waals surface area contributed by atoms with Gasteiger partial charge in [-0.05, 0) is 36.2 Å². The van der Waals surface area contributed by atoms with Crippen LogP contribution in [0, 0.1) is 11.6 Å². The van der Waals surface area contributed by atoms with Crippen molar-refractivity contribution in [2.45, 2.75) is 0 Å². The van der Waals surface area contributed by atoms with E-state index in [-0.39, 0.29) is 11.5 Å². The molecule has 3 rings (SSSR count). The number of nitrogens with zero attached hydrogens (tertiary/aromatic N) is 2. The molecule has 0 saturated heterocycles. The first kappa shape index (κ1) is 16.1. The van der Waals surface area contributed by atoms with Gasteiger partial charge in [0.15, 0.2) is 11.6 Å². The van der Waals surface area contributed by atoms with Crippen molar-refractivity contribution in [2.75, 3.05) is 5.73 Å². The zero-order valence-corrected chi connectivity index (χ0v) is 15.0. The number of aromatic nitrogens is 2. The Morgan fingerprint density at radius 3 is 2.67 bits per heavy atom. The van der Waals surface area contributed by atoms with E-state index in [4.69, 9.17) is 10.5 Å². The van der Waals surface area contributed by atoms with E-state index in [0.29, 0.717) is 16.7 Å². The normalized spacial score (nSPS) is 10.1. The third-order valence-corrected chi connectivity index (χ3v) is 2.58. The van der Waals surface area contributed by atoms with Gasteiger partial charge in [-0.3, -0.25) is 0 Å². The van der Waals surface area contributed by atoms with Crippen LogP contribution in [0.4, 0.5) is 14.5 Å². The number of pyridine rings is 1. The summed E-state index contributed by atoms with van der Waals surface area (Å²) in [5.74, 6) is -0.875. The molecule has 0 bridgehead atoms. The third kappa shape index (κ3) is 3.69. The van der Waals surface area contributed by atoms with Crippen LogP contribution >= 0.6 is 19.7 Å². The van der Waals surface area contributed by atoms with Crippen LogP contribution in [-0.4, -0.2) is 4.98 Å². The van der Waals surface area contributed by atoms with Gasteiger partial charge in [0.25, 0.3) is 0 Å². The Bertz CT molecular complexity index is 766. The number of fused-ring (bicyclic) bond motifs is 1. The first-order valence-corrected chi connectivity index (χ1v) is 12.8. The van der Waals surface area contributed by atoms with E-state index in [2.05, 4.69) is 29.6 Å². The number of rotatable bonds is 2. The first-order valence-electron chi connectivity index (χ1n) is 5.56. The van der Waals surface area contributed by atoms with E-state index < -0.39 is 11.6 Å². The van der Waals surface area contributed by atoms with Gasteiger partial charge in [0.1, 0.15) is 11.6 Å². The summed E-state index contributed by atoms with van der Waals surface area (Å²) in [6, 6.07) is 5.29. The van der Waals surface area contributed by atoms with Crippen molar-refractivity contribution in [1.82, 2.24) is 9.97 Å². The Balaban J connectivity index is 0.000000774. The van der Waals surface area contributed by atoms with Crippen LogP contribution in [0.5, 0.6) is 11.5 Å². The number of hydrogen-bond acceptors (Lipinski definition) is 3. The quantitative estimate of drug-likeness (QED) is 0.373. The van der Waals surface area contributed by atoms with Gasteiger partial charge in [-0.2, -0.15) is 0 Å². The molecule has 0 unspecified atom stereocenters. The first-order chi connectivity index (χ1) is 10.1. The average Bonchev–Trinajstić information content (AvgIpc) is 2.86. The Morgan fingerprint density at radius 1 is 1.19 bits per heavy atom. The molecule has 0 aliphatic rings. The Hall–Kier alpha value is -1.26. The van der Waals surface area contributed by atoms with Crippen molar-refractivity contribution in [2.24, 2.45) is 0 Å². The van der Waals surface area contributed by atoms with Gasteiger partial charge in [-0.25, -0.2) is 8.78 Å². The van der Waals surface area contributed by atoms with Crippen molar-refractivity contribution >= 4 is 36.4 Å². The van der Waals surface area contributed by atoms with Gasteiger partial charge in [0.2, 0.25) is 0 Å². The molecule has 21 heavy (non-hydrogen) atoms. The minimum absolute atomic E-state index is 0.00670. The molecular weight excluding hydrogens is 569 g/mol. The van der Waals surface area contributed by atoms with Crippen LogP contribution in [-0.2, 0) is 15.1 Å². The van der Waals surface area contributed by atoms with Gasteiger partial charge < -0.3 is 20.4 Å². The molecule has 8 heteroatoms. The van der Waals surface area contributed by atoms with Crippen LogP contribution in [0.2, 0.25) is 0 Å². The van der Waals surface area contributed by atoms with E-state index in [9.17, 15) is 8.78 Å². The summed E-state index contributed by atoms with van der Waals surface area (Å²) >= 11 is 4.01. The van der Waals surface area contributed by atoms with E-state index in [1.165, 1.54) is 24.4 Å². The zero-order valence-electron chi connectivity index (χ0n) is 10.3. The predicted octanol–water partition coefficient (Wildman–Crippen LogP) is 3.73. The molecule has 0 radical (unpaired) electrons. The zero-order chi connectivity index (χ0) is 15.4. The standard InChI is InChI=1S/C13H8F2N3O.HI.Os/c14-7-3-9-12(6-18-13(9)17-5-7)19-11-2-1-8(16)4-10(11)15;;/h1-6H,16H2;1H;/q-1;;+1/p-1. The van der Waals surface area contributed by atoms with Crippen molar-refractivity contribution in [3.8, 4) is 11.5 Å². The van der Waals surface area contributed by atoms with Crippen LogP contribution in [0.25, 0.3) is 11.0 Å². The van der Waals surface area contributed by atoms with Gasteiger partial charge >= 0.3 is 34.7 Å². The number of nitrogens with two attached hydrogens (primary N) is 1. The van der Waals surface area contributed by atoms with Crippen LogP contribution in [0.3, 0.4) is 0 Å². The number of ether oxygens (including phenoxy) is 1. The Labute approximate surface area is 140 Å². The Kier molecular flexibility index (Phi) is 5.48. The summed E-state index contributed by atoms with van der Waals surface area (Å²) in [5, 5.41) is 0.385. The molecule has 0 aliphatic heterocycles. The number of halogens is 3. The number of nitrogen functional groups attached to an aromatic ring is 1. The third-order valence-electron chi connectivity index (χ3n) is 2.58. The molecule has 111 valence electrons. The van der Waals surface area contributed by atoms with Crippen molar-refractivity contribution in [3.63, 3.8) is 0 Å². The second-order valence-corrected chi connectivity index (χ2v) is 3.94. The fourth-order valence-electron chi connectivity index (χ4n) is 1.71. The molecule has 2 aromatic heterocycles. The molecule has 0 amide bonds. The minimum atomic E-state index is -0.598. The maximum atomic E-state index is 13.6. The average molecular weight is 577 g/mol. The molecule has 0 aliphatic carbocycles. The summed E-state index contributed by atoms with van der Waals surface area (Å²) < 4.78 is 32.1. The number of hydrogen-bond donors (Lipinski definition) is 1. The van der Waals surface area contributed by atoms with E-state index in [1.54, 1.807) is 0 Å². The molecule has 2 N–H and O–H groups in total. The monoisotopic (exact) mass is 579 g/mol. The fraction of sp³-hybridized carbons (Fsp3) is 0. The summed E-state index contributed by atoms with van der Waals surface area (Å²) in [5.41, 5.74) is 6.08. The molecular formula is C13H8F2IN3OOs-. The van der Waals surface area contributed by atoms with Crippen molar-refractivity contribution < 1.29 is 28.6 Å². The molecule has 0 saturated carbocycles. The summed E-state index contributed by atoms with van der Waals surface area (Å²) in [6.45, 7) is 0. The predicted molar refractivity (Wildman–Crippen MR) is 79.9 cm³/mol. The van der Waals surface area contributed by atoms with E-state index in [1.807, 2.05) is 15.1 Å². The topological polar surface area (TPSA) is 62.2 Å². The summed E-state index contributed by atoms with van der Waals surface area (Å²) in [7, 11) is 0. The Morgan fingerprint density at radius 2 is 1.95 bits per heavy atom. The van der Waals surface area contributed by atoms with Crippen molar-refractivity contribution in [1.29, 1.82) is 0 Å². The van der Waals surface area contributed by atoms with Gasteiger partial charge in [-0.1, -0.05) is 0 Å². The van der Waals surface area contributed by atoms with Gasteiger partial charge in [-0.15, -0.1) is 0 Å². The van der Waals surface area contributed by atoms with Crippen LogP contribution in [0.15, 0.2) is 36.7 Å². The molecule has 2 heterocycles. The SMILES string of the molecule is Nc1ccc(Oc2c[n-]c3ncc(F)cc23)c(F)c1.[I][Os]. The molecule has 0 fully saturated rings. The fourth-order valence-corrected chi connectivity index (χ4v) is 1.71. The molecule has 1 aromatic carbocycles. The maximum absolute atomic E-state index is 13.6. The molecule has 4 nitrogen and oxygen atoms in total. The second-order valence-electron chi connectivity index (χ2n) is 3.94. The van der Waals surface area contributed by atoms with Crippen LogP contribution in [0.1, 0.15) is 0 Å².